The highest BCUT2D eigenvalue weighted by molar-refractivity contribution is 5.77. The molecular weight excluding hydrogens is 254 g/mol. The van der Waals surface area contributed by atoms with E-state index in [4.69, 9.17) is 4.74 Å². The lowest BCUT2D eigenvalue weighted by Gasteiger charge is -2.29. The normalized spacial score (nSPS) is 16.2. The lowest BCUT2D eigenvalue weighted by molar-refractivity contribution is -0.135. The lowest BCUT2D eigenvalue weighted by atomic mass is 10.1. The molecule has 0 aliphatic carbocycles. The first-order valence-corrected chi connectivity index (χ1v) is 7.36. The minimum atomic E-state index is -0.258. The van der Waals surface area contributed by atoms with Gasteiger partial charge in [0.25, 0.3) is 5.91 Å². The Hall–Kier alpha value is -1.55. The Morgan fingerprint density at radius 1 is 1.30 bits per heavy atom. The summed E-state index contributed by atoms with van der Waals surface area (Å²) in [5, 5.41) is 9.42. The zero-order valence-corrected chi connectivity index (χ0v) is 12.0. The summed E-state index contributed by atoms with van der Waals surface area (Å²) in [5.74, 6) is 0.727. The fourth-order valence-corrected chi connectivity index (χ4v) is 2.39. The largest absolute Gasteiger partial charge is 0.484 e. The standard InChI is InChI=1S/C16H23NO3/c1-2-3-13-4-6-15(7-5-13)20-12-16(19)17-10-8-14(18)9-11-17/h4-7,14,18H,2-3,8-12H2,1H3. The van der Waals surface area contributed by atoms with Crippen LogP contribution in [0.1, 0.15) is 31.7 Å². The molecule has 1 aromatic rings. The monoisotopic (exact) mass is 277 g/mol. The average Bonchev–Trinajstić information content (AvgIpc) is 2.47. The number of hydrogen-bond acceptors (Lipinski definition) is 3. The number of benzene rings is 1. The Labute approximate surface area is 120 Å². The maximum Gasteiger partial charge on any atom is 0.260 e. The van der Waals surface area contributed by atoms with Crippen molar-refractivity contribution >= 4 is 5.91 Å². The Kier molecular flexibility index (Phi) is 5.41. The van der Waals surface area contributed by atoms with Crippen molar-refractivity contribution in [2.24, 2.45) is 0 Å². The second-order valence-corrected chi connectivity index (χ2v) is 5.29. The van der Waals surface area contributed by atoms with Gasteiger partial charge in [-0.25, -0.2) is 0 Å². The number of piperidine rings is 1. The number of likely N-dealkylation sites (tertiary alicyclic amines) is 1. The Morgan fingerprint density at radius 3 is 2.55 bits per heavy atom. The topological polar surface area (TPSA) is 49.8 Å². The van der Waals surface area contributed by atoms with Gasteiger partial charge in [-0.15, -0.1) is 0 Å². The first-order valence-electron chi connectivity index (χ1n) is 7.36. The van der Waals surface area contributed by atoms with Gasteiger partial charge < -0.3 is 14.7 Å². The quantitative estimate of drug-likeness (QED) is 0.895. The minimum absolute atomic E-state index is 0.00506. The molecule has 0 bridgehead atoms. The molecule has 4 nitrogen and oxygen atoms in total. The van der Waals surface area contributed by atoms with Gasteiger partial charge in [-0.1, -0.05) is 25.5 Å². The molecule has 0 saturated carbocycles. The van der Waals surface area contributed by atoms with Crippen molar-refractivity contribution in [1.82, 2.24) is 4.90 Å². The number of amides is 1. The molecule has 1 aliphatic rings. The Bertz CT molecular complexity index is 422. The highest BCUT2D eigenvalue weighted by atomic mass is 16.5. The van der Waals surface area contributed by atoms with Crippen LogP contribution in [0.25, 0.3) is 0 Å². The number of aliphatic hydroxyl groups is 1. The van der Waals surface area contributed by atoms with Gasteiger partial charge in [-0.05, 0) is 37.0 Å². The molecule has 4 heteroatoms. The summed E-state index contributed by atoms with van der Waals surface area (Å²) in [6.45, 7) is 3.47. The Balaban J connectivity index is 1.78. The molecule has 1 aliphatic heterocycles. The first kappa shape index (κ1) is 14.9. The van der Waals surface area contributed by atoms with Gasteiger partial charge in [0.15, 0.2) is 6.61 Å². The number of aliphatic hydroxyl groups excluding tert-OH is 1. The molecule has 20 heavy (non-hydrogen) atoms. The maximum absolute atomic E-state index is 12.0. The van der Waals surface area contributed by atoms with Crippen LogP contribution in [-0.4, -0.2) is 41.7 Å². The van der Waals surface area contributed by atoms with Crippen molar-refractivity contribution in [2.75, 3.05) is 19.7 Å². The van der Waals surface area contributed by atoms with E-state index in [1.807, 2.05) is 24.3 Å². The molecule has 0 radical (unpaired) electrons. The van der Waals surface area contributed by atoms with Crippen LogP contribution in [0.15, 0.2) is 24.3 Å². The molecule has 1 fully saturated rings. The SMILES string of the molecule is CCCc1ccc(OCC(=O)N2CCC(O)CC2)cc1. The van der Waals surface area contributed by atoms with Crippen molar-refractivity contribution in [3.05, 3.63) is 29.8 Å². The van der Waals surface area contributed by atoms with Crippen molar-refractivity contribution < 1.29 is 14.6 Å². The van der Waals surface area contributed by atoms with Crippen LogP contribution in [0.4, 0.5) is 0 Å². The van der Waals surface area contributed by atoms with Crippen LogP contribution in [0.2, 0.25) is 0 Å². The van der Waals surface area contributed by atoms with Crippen molar-refractivity contribution in [3.8, 4) is 5.75 Å². The molecule has 0 aromatic heterocycles. The zero-order valence-electron chi connectivity index (χ0n) is 12.0. The molecule has 1 N–H and O–H groups in total. The molecule has 1 heterocycles. The predicted octanol–water partition coefficient (Wildman–Crippen LogP) is 2.00. The molecule has 110 valence electrons. The maximum atomic E-state index is 12.0. The summed E-state index contributed by atoms with van der Waals surface area (Å²) >= 11 is 0. The van der Waals surface area contributed by atoms with Crippen molar-refractivity contribution in [2.45, 2.75) is 38.7 Å². The van der Waals surface area contributed by atoms with E-state index >= 15 is 0 Å². The summed E-state index contributed by atoms with van der Waals surface area (Å²) < 4.78 is 5.53. The third-order valence-corrected chi connectivity index (χ3v) is 3.64. The number of carbonyl (C=O) groups is 1. The van der Waals surface area contributed by atoms with E-state index in [0.29, 0.717) is 25.9 Å². The van der Waals surface area contributed by atoms with E-state index in [1.165, 1.54) is 5.56 Å². The van der Waals surface area contributed by atoms with E-state index in [-0.39, 0.29) is 18.6 Å². The fourth-order valence-electron chi connectivity index (χ4n) is 2.39. The molecule has 0 spiro atoms. The Morgan fingerprint density at radius 2 is 1.95 bits per heavy atom. The van der Waals surface area contributed by atoms with Gasteiger partial charge in [-0.2, -0.15) is 0 Å². The summed E-state index contributed by atoms with van der Waals surface area (Å²) in [7, 11) is 0. The minimum Gasteiger partial charge on any atom is -0.484 e. The highest BCUT2D eigenvalue weighted by Crippen LogP contribution is 2.14. The van der Waals surface area contributed by atoms with Crippen molar-refractivity contribution in [1.29, 1.82) is 0 Å². The summed E-state index contributed by atoms with van der Waals surface area (Å²) in [6, 6.07) is 7.91. The molecule has 1 aromatic carbocycles. The van der Waals surface area contributed by atoms with Crippen LogP contribution in [0.5, 0.6) is 5.75 Å². The number of hydrogen-bond donors (Lipinski definition) is 1. The lowest BCUT2D eigenvalue weighted by Crippen LogP contribution is -2.42. The third kappa shape index (κ3) is 4.23. The van der Waals surface area contributed by atoms with E-state index in [1.54, 1.807) is 4.90 Å². The van der Waals surface area contributed by atoms with Crippen molar-refractivity contribution in [3.63, 3.8) is 0 Å². The fraction of sp³-hybridized carbons (Fsp3) is 0.562. The van der Waals surface area contributed by atoms with Crippen LogP contribution in [0, 0.1) is 0 Å². The van der Waals surface area contributed by atoms with Gasteiger partial charge >= 0.3 is 0 Å². The van der Waals surface area contributed by atoms with E-state index in [2.05, 4.69) is 6.92 Å². The predicted molar refractivity (Wildman–Crippen MR) is 77.8 cm³/mol. The smallest absolute Gasteiger partial charge is 0.260 e. The van der Waals surface area contributed by atoms with Gasteiger partial charge in [0.1, 0.15) is 5.75 Å². The average molecular weight is 277 g/mol. The molecule has 1 saturated heterocycles. The van der Waals surface area contributed by atoms with Gasteiger partial charge in [0, 0.05) is 13.1 Å². The molecular formula is C16H23NO3. The molecule has 0 unspecified atom stereocenters. The first-order chi connectivity index (χ1) is 9.69. The third-order valence-electron chi connectivity index (χ3n) is 3.64. The van der Waals surface area contributed by atoms with Gasteiger partial charge in [0.2, 0.25) is 0 Å². The summed E-state index contributed by atoms with van der Waals surface area (Å²) in [6.07, 6.45) is 3.26. The second kappa shape index (κ2) is 7.29. The van der Waals surface area contributed by atoms with Crippen LogP contribution in [0.3, 0.4) is 0 Å². The zero-order chi connectivity index (χ0) is 14.4. The number of ether oxygens (including phenoxy) is 1. The van der Waals surface area contributed by atoms with Gasteiger partial charge in [0.05, 0.1) is 6.10 Å². The second-order valence-electron chi connectivity index (χ2n) is 5.29. The highest BCUT2D eigenvalue weighted by Gasteiger charge is 2.21. The summed E-state index contributed by atoms with van der Waals surface area (Å²) in [4.78, 5) is 13.7. The molecule has 0 atom stereocenters. The van der Waals surface area contributed by atoms with E-state index in [0.717, 1.165) is 18.6 Å². The molecule has 2 rings (SSSR count). The van der Waals surface area contributed by atoms with E-state index in [9.17, 15) is 9.90 Å². The number of nitrogens with zero attached hydrogens (tertiary/aromatic N) is 1. The van der Waals surface area contributed by atoms with Crippen LogP contribution < -0.4 is 4.74 Å². The number of rotatable bonds is 5. The van der Waals surface area contributed by atoms with Crippen LogP contribution in [-0.2, 0) is 11.2 Å². The number of carbonyl (C=O) groups excluding carboxylic acids is 1. The van der Waals surface area contributed by atoms with Crippen LogP contribution >= 0.6 is 0 Å². The van der Waals surface area contributed by atoms with Gasteiger partial charge in [-0.3, -0.25) is 4.79 Å². The summed E-state index contributed by atoms with van der Waals surface area (Å²) in [5.41, 5.74) is 1.29. The van der Waals surface area contributed by atoms with E-state index < -0.39 is 0 Å². The molecule has 1 amide bonds. The number of aryl methyl sites for hydroxylation is 1.